The van der Waals surface area contributed by atoms with Crippen LogP contribution in [0.3, 0.4) is 0 Å². The van der Waals surface area contributed by atoms with Gasteiger partial charge in [0.15, 0.2) is 0 Å². The largest absolute Gasteiger partial charge is 0.494 e. The predicted molar refractivity (Wildman–Crippen MR) is 132 cm³/mol. The molecule has 166 valence electrons. The highest BCUT2D eigenvalue weighted by Crippen LogP contribution is 2.31. The number of rotatable bonds is 8. The molecular weight excluding hydrogens is 525 g/mol. The van der Waals surface area contributed by atoms with Gasteiger partial charge in [-0.15, -0.1) is 0 Å². The number of amides is 1. The Bertz CT molecular complexity index is 1170. The summed E-state index contributed by atoms with van der Waals surface area (Å²) in [7, 11) is 1.47. The summed E-state index contributed by atoms with van der Waals surface area (Å²) in [6, 6.07) is 14.1. The number of anilines is 1. The number of hydrogen-bond donors (Lipinski definition) is 2. The van der Waals surface area contributed by atoms with Crippen LogP contribution in [0.2, 0.25) is 0 Å². The van der Waals surface area contributed by atoms with E-state index in [9.17, 15) is 14.9 Å². The molecule has 0 fully saturated rings. The molecular formula is C22H22IN5O4. The van der Waals surface area contributed by atoms with Gasteiger partial charge in [-0.25, -0.2) is 5.43 Å². The monoisotopic (exact) mass is 547 g/mol. The molecule has 0 aliphatic heterocycles. The Labute approximate surface area is 198 Å². The zero-order valence-electron chi connectivity index (χ0n) is 17.8. The summed E-state index contributed by atoms with van der Waals surface area (Å²) in [5.41, 5.74) is 6.54. The lowest BCUT2D eigenvalue weighted by Crippen LogP contribution is -2.25. The van der Waals surface area contributed by atoms with E-state index in [0.29, 0.717) is 11.4 Å². The molecule has 0 saturated heterocycles. The van der Waals surface area contributed by atoms with E-state index in [0.717, 1.165) is 26.2 Å². The SMILES string of the molecule is COc1cc([N+](=O)[O-])ccc1-n1c(C)cc(/C=N\NC(=O)CNc2ccc(I)cc2)c1C. The molecule has 1 aromatic heterocycles. The molecule has 10 heteroatoms. The third-order valence-corrected chi connectivity index (χ3v) is 5.49. The van der Waals surface area contributed by atoms with Crippen molar-refractivity contribution in [1.29, 1.82) is 0 Å². The fraction of sp³-hybridized carbons (Fsp3) is 0.182. The van der Waals surface area contributed by atoms with E-state index in [1.54, 1.807) is 12.3 Å². The van der Waals surface area contributed by atoms with Crippen molar-refractivity contribution in [1.82, 2.24) is 9.99 Å². The number of ether oxygens (including phenoxy) is 1. The molecule has 0 aliphatic rings. The molecule has 9 nitrogen and oxygen atoms in total. The highest BCUT2D eigenvalue weighted by Gasteiger charge is 2.17. The number of nitro groups is 1. The highest BCUT2D eigenvalue weighted by molar-refractivity contribution is 14.1. The van der Waals surface area contributed by atoms with Crippen molar-refractivity contribution in [2.45, 2.75) is 13.8 Å². The van der Waals surface area contributed by atoms with E-state index in [1.807, 2.05) is 48.7 Å². The molecule has 2 N–H and O–H groups in total. The van der Waals surface area contributed by atoms with E-state index >= 15 is 0 Å². The minimum absolute atomic E-state index is 0.0450. The normalized spacial score (nSPS) is 10.9. The van der Waals surface area contributed by atoms with Crippen LogP contribution >= 0.6 is 22.6 Å². The number of methoxy groups -OCH3 is 1. The lowest BCUT2D eigenvalue weighted by molar-refractivity contribution is -0.384. The number of aromatic nitrogens is 1. The lowest BCUT2D eigenvalue weighted by Gasteiger charge is -2.13. The maximum absolute atomic E-state index is 12.1. The number of aryl methyl sites for hydroxylation is 1. The Balaban J connectivity index is 1.71. The van der Waals surface area contributed by atoms with Crippen LogP contribution in [0.1, 0.15) is 17.0 Å². The molecule has 0 unspecified atom stereocenters. The Morgan fingerprint density at radius 2 is 1.94 bits per heavy atom. The first-order valence-corrected chi connectivity index (χ1v) is 10.7. The third-order valence-electron chi connectivity index (χ3n) is 4.78. The molecule has 3 rings (SSSR count). The number of nitrogens with zero attached hydrogens (tertiary/aromatic N) is 3. The zero-order valence-corrected chi connectivity index (χ0v) is 19.9. The molecule has 0 bridgehead atoms. The van der Waals surface area contributed by atoms with Gasteiger partial charge in [0.2, 0.25) is 0 Å². The second kappa shape index (κ2) is 10.3. The van der Waals surface area contributed by atoms with Crippen LogP contribution in [0.5, 0.6) is 5.75 Å². The van der Waals surface area contributed by atoms with Crippen molar-refractivity contribution >= 4 is 46.1 Å². The number of nitrogens with one attached hydrogen (secondary N) is 2. The maximum Gasteiger partial charge on any atom is 0.273 e. The predicted octanol–water partition coefficient (Wildman–Crippen LogP) is 4.18. The second-order valence-corrected chi connectivity index (χ2v) is 8.17. The molecule has 3 aromatic rings. The molecule has 1 amide bonds. The molecule has 0 radical (unpaired) electrons. The summed E-state index contributed by atoms with van der Waals surface area (Å²) in [6.07, 6.45) is 1.57. The number of benzene rings is 2. The van der Waals surface area contributed by atoms with E-state index in [-0.39, 0.29) is 18.1 Å². The standard InChI is InChI=1S/C22H22IN5O4/c1-14-10-16(12-25-26-22(29)13-24-18-6-4-17(23)5-7-18)15(2)27(14)20-9-8-19(28(30)31)11-21(20)32-3/h4-12,24H,13H2,1-3H3,(H,26,29)/b25-12-. The summed E-state index contributed by atoms with van der Waals surface area (Å²) in [5, 5.41) is 18.1. The fourth-order valence-corrected chi connectivity index (χ4v) is 3.58. The van der Waals surface area contributed by atoms with E-state index < -0.39 is 4.92 Å². The molecule has 0 aliphatic carbocycles. The van der Waals surface area contributed by atoms with Crippen LogP contribution in [-0.2, 0) is 4.79 Å². The van der Waals surface area contributed by atoms with E-state index in [4.69, 9.17) is 4.74 Å². The number of hydrazone groups is 1. The average Bonchev–Trinajstić information content (AvgIpc) is 3.05. The Kier molecular flexibility index (Phi) is 7.46. The van der Waals surface area contributed by atoms with Crippen LogP contribution in [0, 0.1) is 27.5 Å². The smallest absolute Gasteiger partial charge is 0.273 e. The average molecular weight is 547 g/mol. The summed E-state index contributed by atoms with van der Waals surface area (Å²) < 4.78 is 8.41. The number of hydrogen-bond acceptors (Lipinski definition) is 6. The Morgan fingerprint density at radius 3 is 2.59 bits per heavy atom. The highest BCUT2D eigenvalue weighted by atomic mass is 127. The Morgan fingerprint density at radius 1 is 1.22 bits per heavy atom. The first kappa shape index (κ1) is 23.3. The fourth-order valence-electron chi connectivity index (χ4n) is 3.22. The molecule has 1 heterocycles. The molecule has 0 saturated carbocycles. The lowest BCUT2D eigenvalue weighted by atomic mass is 10.2. The number of carbonyl (C=O) groups excluding carboxylic acids is 1. The third kappa shape index (κ3) is 5.44. The topological polar surface area (TPSA) is 111 Å². The summed E-state index contributed by atoms with van der Waals surface area (Å²) in [4.78, 5) is 22.6. The van der Waals surface area contributed by atoms with Gasteiger partial charge in [-0.1, -0.05) is 0 Å². The van der Waals surface area contributed by atoms with Gasteiger partial charge in [0, 0.05) is 32.3 Å². The van der Waals surface area contributed by atoms with Gasteiger partial charge in [-0.05, 0) is 72.8 Å². The van der Waals surface area contributed by atoms with Gasteiger partial charge >= 0.3 is 0 Å². The van der Waals surface area contributed by atoms with Crippen molar-refractivity contribution in [2.24, 2.45) is 5.10 Å². The van der Waals surface area contributed by atoms with Crippen molar-refractivity contribution < 1.29 is 14.5 Å². The van der Waals surface area contributed by atoms with Crippen molar-refractivity contribution in [3.63, 3.8) is 0 Å². The quantitative estimate of drug-likeness (QED) is 0.190. The first-order valence-electron chi connectivity index (χ1n) is 9.63. The number of halogens is 1. The summed E-state index contributed by atoms with van der Waals surface area (Å²) in [6.45, 7) is 3.90. The number of non-ortho nitro benzene ring substituents is 1. The van der Waals surface area contributed by atoms with Crippen LogP contribution in [0.25, 0.3) is 5.69 Å². The van der Waals surface area contributed by atoms with Gasteiger partial charge < -0.3 is 14.6 Å². The zero-order chi connectivity index (χ0) is 23.3. The van der Waals surface area contributed by atoms with Crippen LogP contribution in [0.4, 0.5) is 11.4 Å². The number of nitro benzene ring substituents is 1. The number of carbonyl (C=O) groups is 1. The van der Waals surface area contributed by atoms with Crippen molar-refractivity contribution in [3.8, 4) is 11.4 Å². The molecule has 0 atom stereocenters. The molecule has 0 spiro atoms. The molecule has 2 aromatic carbocycles. The second-order valence-electron chi connectivity index (χ2n) is 6.93. The summed E-state index contributed by atoms with van der Waals surface area (Å²) in [5.74, 6) is 0.116. The van der Waals surface area contributed by atoms with Crippen LogP contribution in [-0.4, -0.2) is 35.3 Å². The first-order chi connectivity index (χ1) is 15.3. The van der Waals surface area contributed by atoms with Gasteiger partial charge in [0.05, 0.1) is 36.5 Å². The van der Waals surface area contributed by atoms with Crippen LogP contribution in [0.15, 0.2) is 53.6 Å². The van der Waals surface area contributed by atoms with E-state index in [2.05, 4.69) is 38.4 Å². The minimum atomic E-state index is -0.463. The van der Waals surface area contributed by atoms with Gasteiger partial charge in [0.25, 0.3) is 11.6 Å². The molecule has 32 heavy (non-hydrogen) atoms. The van der Waals surface area contributed by atoms with Gasteiger partial charge in [-0.2, -0.15) is 5.10 Å². The minimum Gasteiger partial charge on any atom is -0.494 e. The van der Waals surface area contributed by atoms with Crippen molar-refractivity contribution in [2.75, 3.05) is 19.0 Å². The van der Waals surface area contributed by atoms with Gasteiger partial charge in [0.1, 0.15) is 5.75 Å². The van der Waals surface area contributed by atoms with Gasteiger partial charge in [-0.3, -0.25) is 14.9 Å². The maximum atomic E-state index is 12.1. The Hall–Kier alpha value is -3.41. The van der Waals surface area contributed by atoms with Crippen molar-refractivity contribution in [3.05, 3.63) is 79.2 Å². The van der Waals surface area contributed by atoms with Crippen LogP contribution < -0.4 is 15.5 Å². The van der Waals surface area contributed by atoms with E-state index in [1.165, 1.54) is 19.2 Å². The summed E-state index contributed by atoms with van der Waals surface area (Å²) >= 11 is 2.22.